The second kappa shape index (κ2) is 5.94. The van der Waals surface area contributed by atoms with Crippen LogP contribution in [-0.2, 0) is 16.0 Å². The second-order valence-electron chi connectivity index (χ2n) is 5.75. The van der Waals surface area contributed by atoms with E-state index in [-0.39, 0.29) is 24.3 Å². The summed E-state index contributed by atoms with van der Waals surface area (Å²) in [5.41, 5.74) is 1.93. The monoisotopic (exact) mass is 306 g/mol. The predicted octanol–water partition coefficient (Wildman–Crippen LogP) is 2.11. The van der Waals surface area contributed by atoms with Gasteiger partial charge in [-0.3, -0.25) is 9.69 Å². The number of ether oxygens (including phenoxy) is 1. The van der Waals surface area contributed by atoms with E-state index < -0.39 is 6.09 Å². The zero-order chi connectivity index (χ0) is 15.7. The molecule has 2 amide bonds. The molecule has 0 spiro atoms. The number of benzene rings is 1. The van der Waals surface area contributed by atoms with Crippen molar-refractivity contribution >= 4 is 12.0 Å². The van der Waals surface area contributed by atoms with Crippen molar-refractivity contribution in [3.8, 4) is 0 Å². The molecule has 1 fully saturated rings. The van der Waals surface area contributed by atoms with Crippen LogP contribution in [0.2, 0.25) is 0 Å². The first-order valence-electron chi connectivity index (χ1n) is 7.56. The van der Waals surface area contributed by atoms with Crippen molar-refractivity contribution in [1.82, 2.24) is 9.80 Å². The molecule has 1 atom stereocenters. The SMILES string of the molecule is CC1c2ccc(F)cc2CCN1C(=O)CN1CCCOC1=O. The molecule has 1 aromatic carbocycles. The Morgan fingerprint density at radius 3 is 3.00 bits per heavy atom. The number of halogens is 1. The minimum atomic E-state index is -0.424. The van der Waals surface area contributed by atoms with Gasteiger partial charge in [-0.05, 0) is 43.0 Å². The van der Waals surface area contributed by atoms with Gasteiger partial charge < -0.3 is 9.64 Å². The standard InChI is InChI=1S/C16H19FN2O3/c1-11-14-4-3-13(17)9-12(14)5-7-19(11)15(20)10-18-6-2-8-22-16(18)21/h3-4,9,11H,2,5-8,10H2,1H3. The van der Waals surface area contributed by atoms with Crippen LogP contribution in [0.15, 0.2) is 18.2 Å². The molecule has 0 bridgehead atoms. The maximum atomic E-state index is 13.3. The van der Waals surface area contributed by atoms with Crippen molar-refractivity contribution in [2.75, 3.05) is 26.2 Å². The van der Waals surface area contributed by atoms with E-state index in [0.717, 1.165) is 17.5 Å². The van der Waals surface area contributed by atoms with Gasteiger partial charge in [0.05, 0.1) is 12.6 Å². The molecular weight excluding hydrogens is 287 g/mol. The summed E-state index contributed by atoms with van der Waals surface area (Å²) in [7, 11) is 0. The van der Waals surface area contributed by atoms with Crippen LogP contribution in [0.3, 0.4) is 0 Å². The highest BCUT2D eigenvalue weighted by atomic mass is 19.1. The van der Waals surface area contributed by atoms with E-state index in [1.807, 2.05) is 6.92 Å². The van der Waals surface area contributed by atoms with Gasteiger partial charge in [-0.25, -0.2) is 9.18 Å². The predicted molar refractivity (Wildman–Crippen MR) is 77.8 cm³/mol. The Hall–Kier alpha value is -2.11. The number of cyclic esters (lactones) is 1. The lowest BCUT2D eigenvalue weighted by atomic mass is 9.93. The zero-order valence-electron chi connectivity index (χ0n) is 12.5. The normalized spacial score (nSPS) is 21.4. The fourth-order valence-electron chi connectivity index (χ4n) is 3.14. The average molecular weight is 306 g/mol. The van der Waals surface area contributed by atoms with Crippen LogP contribution in [0, 0.1) is 5.82 Å². The molecule has 0 saturated carbocycles. The number of rotatable bonds is 2. The van der Waals surface area contributed by atoms with Gasteiger partial charge in [0.25, 0.3) is 0 Å². The molecule has 0 aromatic heterocycles. The molecule has 1 saturated heterocycles. The first-order valence-corrected chi connectivity index (χ1v) is 7.56. The third-order valence-corrected chi connectivity index (χ3v) is 4.35. The van der Waals surface area contributed by atoms with Crippen LogP contribution in [-0.4, -0.2) is 48.0 Å². The lowest BCUT2D eigenvalue weighted by molar-refractivity contribution is -0.135. The van der Waals surface area contributed by atoms with Crippen molar-refractivity contribution in [2.24, 2.45) is 0 Å². The number of hydrogen-bond acceptors (Lipinski definition) is 3. The molecule has 0 N–H and O–H groups in total. The highest BCUT2D eigenvalue weighted by molar-refractivity contribution is 5.83. The van der Waals surface area contributed by atoms with E-state index in [1.54, 1.807) is 11.0 Å². The van der Waals surface area contributed by atoms with E-state index in [0.29, 0.717) is 26.1 Å². The Morgan fingerprint density at radius 1 is 1.41 bits per heavy atom. The summed E-state index contributed by atoms with van der Waals surface area (Å²) in [5.74, 6) is -0.344. The summed E-state index contributed by atoms with van der Waals surface area (Å²) in [6.45, 7) is 3.48. The summed E-state index contributed by atoms with van der Waals surface area (Å²) in [4.78, 5) is 27.3. The Labute approximate surface area is 128 Å². The van der Waals surface area contributed by atoms with Gasteiger partial charge in [-0.2, -0.15) is 0 Å². The molecular formula is C16H19FN2O3. The van der Waals surface area contributed by atoms with E-state index in [2.05, 4.69) is 0 Å². The molecule has 0 radical (unpaired) electrons. The van der Waals surface area contributed by atoms with E-state index in [1.165, 1.54) is 17.0 Å². The molecule has 1 unspecified atom stereocenters. The number of carbonyl (C=O) groups excluding carboxylic acids is 2. The molecule has 1 aromatic rings. The first-order chi connectivity index (χ1) is 10.6. The molecule has 2 heterocycles. The van der Waals surface area contributed by atoms with Gasteiger partial charge in [0, 0.05) is 13.1 Å². The second-order valence-corrected chi connectivity index (χ2v) is 5.75. The largest absolute Gasteiger partial charge is 0.449 e. The van der Waals surface area contributed by atoms with Crippen molar-refractivity contribution in [3.05, 3.63) is 35.1 Å². The smallest absolute Gasteiger partial charge is 0.410 e. The van der Waals surface area contributed by atoms with Crippen LogP contribution in [0.5, 0.6) is 0 Å². The summed E-state index contributed by atoms with van der Waals surface area (Å²) in [5, 5.41) is 0. The van der Waals surface area contributed by atoms with Gasteiger partial charge in [-0.1, -0.05) is 6.07 Å². The summed E-state index contributed by atoms with van der Waals surface area (Å²) >= 11 is 0. The van der Waals surface area contributed by atoms with Crippen molar-refractivity contribution in [3.63, 3.8) is 0 Å². The molecule has 22 heavy (non-hydrogen) atoms. The van der Waals surface area contributed by atoms with Crippen molar-refractivity contribution in [1.29, 1.82) is 0 Å². The minimum absolute atomic E-state index is 0.0414. The quantitative estimate of drug-likeness (QED) is 0.841. The van der Waals surface area contributed by atoms with Gasteiger partial charge in [-0.15, -0.1) is 0 Å². The Morgan fingerprint density at radius 2 is 2.23 bits per heavy atom. The number of amides is 2. The van der Waals surface area contributed by atoms with E-state index in [9.17, 15) is 14.0 Å². The van der Waals surface area contributed by atoms with Crippen LogP contribution >= 0.6 is 0 Å². The van der Waals surface area contributed by atoms with E-state index in [4.69, 9.17) is 4.74 Å². The van der Waals surface area contributed by atoms with Crippen LogP contribution in [0.4, 0.5) is 9.18 Å². The minimum Gasteiger partial charge on any atom is -0.449 e. The van der Waals surface area contributed by atoms with Gasteiger partial charge in [0.2, 0.25) is 5.91 Å². The molecule has 2 aliphatic heterocycles. The third-order valence-electron chi connectivity index (χ3n) is 4.35. The maximum Gasteiger partial charge on any atom is 0.410 e. The van der Waals surface area contributed by atoms with Crippen LogP contribution in [0.25, 0.3) is 0 Å². The number of nitrogens with zero attached hydrogens (tertiary/aromatic N) is 2. The summed E-state index contributed by atoms with van der Waals surface area (Å²) in [6.07, 6.45) is 0.955. The Bertz CT molecular complexity index is 605. The van der Waals surface area contributed by atoms with Gasteiger partial charge in [0.15, 0.2) is 0 Å². The molecule has 0 aliphatic carbocycles. The molecule has 2 aliphatic rings. The van der Waals surface area contributed by atoms with Gasteiger partial charge >= 0.3 is 6.09 Å². The number of carbonyl (C=O) groups is 2. The molecule has 6 heteroatoms. The number of hydrogen-bond donors (Lipinski definition) is 0. The molecule has 118 valence electrons. The fraction of sp³-hybridized carbons (Fsp3) is 0.500. The van der Waals surface area contributed by atoms with Gasteiger partial charge in [0.1, 0.15) is 12.4 Å². The summed E-state index contributed by atoms with van der Waals surface area (Å²) < 4.78 is 18.2. The molecule has 5 nitrogen and oxygen atoms in total. The highest BCUT2D eigenvalue weighted by Gasteiger charge is 2.30. The lowest BCUT2D eigenvalue weighted by Gasteiger charge is -2.37. The lowest BCUT2D eigenvalue weighted by Crippen LogP contribution is -2.48. The number of fused-ring (bicyclic) bond motifs is 1. The van der Waals surface area contributed by atoms with Crippen LogP contribution < -0.4 is 0 Å². The topological polar surface area (TPSA) is 49.9 Å². The third kappa shape index (κ3) is 2.77. The Balaban J connectivity index is 1.71. The Kier molecular flexibility index (Phi) is 4.00. The summed E-state index contributed by atoms with van der Waals surface area (Å²) in [6, 6.07) is 4.59. The van der Waals surface area contributed by atoms with Crippen LogP contribution in [0.1, 0.15) is 30.5 Å². The molecule has 3 rings (SSSR count). The highest BCUT2D eigenvalue weighted by Crippen LogP contribution is 2.30. The fourth-order valence-corrected chi connectivity index (χ4v) is 3.14. The maximum absolute atomic E-state index is 13.3. The average Bonchev–Trinajstić information content (AvgIpc) is 2.49. The van der Waals surface area contributed by atoms with Crippen molar-refractivity contribution in [2.45, 2.75) is 25.8 Å². The van der Waals surface area contributed by atoms with Crippen molar-refractivity contribution < 1.29 is 18.7 Å². The van der Waals surface area contributed by atoms with E-state index >= 15 is 0 Å². The first kappa shape index (κ1) is 14.8. The zero-order valence-corrected chi connectivity index (χ0v) is 12.5.